The van der Waals surface area contributed by atoms with Crippen LogP contribution in [0.15, 0.2) is 0 Å². The topological polar surface area (TPSA) is 12.5 Å². The number of hydrogen-bond acceptors (Lipinski definition) is 1. The van der Waals surface area contributed by atoms with Crippen LogP contribution in [-0.2, 0) is 4.74 Å². The lowest BCUT2D eigenvalue weighted by molar-refractivity contribution is -0.00846. The van der Waals surface area contributed by atoms with Crippen LogP contribution in [0.2, 0.25) is 0 Å². The molecule has 0 N–H and O–H groups in total. The third kappa shape index (κ3) is 0.776. The van der Waals surface area contributed by atoms with Crippen molar-refractivity contribution in [1.29, 1.82) is 0 Å². The van der Waals surface area contributed by atoms with Crippen molar-refractivity contribution >= 4 is 0 Å². The summed E-state index contributed by atoms with van der Waals surface area (Å²) in [4.78, 5) is 0. The molecule has 1 heteroatoms. The molecule has 1 saturated heterocycles. The Balaban J connectivity index is 1.81. The number of ether oxygens (including phenoxy) is 1. The van der Waals surface area contributed by atoms with Crippen LogP contribution in [0.4, 0.5) is 0 Å². The van der Waals surface area contributed by atoms with E-state index in [0.717, 1.165) is 17.8 Å². The SMILES string of the molecule is C[C@H]1CC[C@H]2O[C@]23CC[C@H]2[C@H](C2(C)C)[C@]13C. The monoisotopic (exact) mass is 220 g/mol. The van der Waals surface area contributed by atoms with E-state index in [1.54, 1.807) is 0 Å². The zero-order valence-electron chi connectivity index (χ0n) is 11.0. The van der Waals surface area contributed by atoms with Gasteiger partial charge in [0.2, 0.25) is 0 Å². The molecular formula is C15H24O. The summed E-state index contributed by atoms with van der Waals surface area (Å²) >= 11 is 0. The Morgan fingerprint density at radius 1 is 1.06 bits per heavy atom. The van der Waals surface area contributed by atoms with E-state index >= 15 is 0 Å². The largest absolute Gasteiger partial charge is 0.365 e. The molecule has 0 radical (unpaired) electrons. The quantitative estimate of drug-likeness (QED) is 0.568. The van der Waals surface area contributed by atoms with Crippen LogP contribution >= 0.6 is 0 Å². The van der Waals surface area contributed by atoms with Crippen LogP contribution in [0, 0.1) is 28.6 Å². The van der Waals surface area contributed by atoms with Gasteiger partial charge in [0.15, 0.2) is 0 Å². The zero-order chi connectivity index (χ0) is 11.3. The molecular weight excluding hydrogens is 196 g/mol. The summed E-state index contributed by atoms with van der Waals surface area (Å²) in [5, 5.41) is 0. The summed E-state index contributed by atoms with van der Waals surface area (Å²) in [6.07, 6.45) is 6.13. The Hall–Kier alpha value is -0.0400. The van der Waals surface area contributed by atoms with Crippen molar-refractivity contribution < 1.29 is 4.74 Å². The predicted octanol–water partition coefficient (Wildman–Crippen LogP) is 3.63. The molecule has 0 unspecified atom stereocenters. The maximum Gasteiger partial charge on any atom is 0.101 e. The Kier molecular flexibility index (Phi) is 1.48. The van der Waals surface area contributed by atoms with Crippen LogP contribution in [0.1, 0.15) is 53.4 Å². The lowest BCUT2D eigenvalue weighted by Gasteiger charge is -2.48. The third-order valence-electron chi connectivity index (χ3n) is 7.14. The van der Waals surface area contributed by atoms with Gasteiger partial charge in [0.05, 0.1) is 6.10 Å². The molecule has 0 aromatic rings. The maximum atomic E-state index is 6.23. The molecule has 3 aliphatic carbocycles. The lowest BCUT2D eigenvalue weighted by Crippen LogP contribution is -2.50. The second kappa shape index (κ2) is 2.39. The van der Waals surface area contributed by atoms with E-state index < -0.39 is 0 Å². The molecule has 1 spiro atoms. The van der Waals surface area contributed by atoms with Gasteiger partial charge in [0.1, 0.15) is 5.60 Å². The van der Waals surface area contributed by atoms with Crippen molar-refractivity contribution in [1.82, 2.24) is 0 Å². The first-order valence-corrected chi connectivity index (χ1v) is 7.12. The minimum atomic E-state index is 0.319. The number of epoxide rings is 1. The van der Waals surface area contributed by atoms with Crippen molar-refractivity contribution in [3.63, 3.8) is 0 Å². The van der Waals surface area contributed by atoms with Crippen LogP contribution in [0.5, 0.6) is 0 Å². The standard InChI is InChI=1S/C15H24O/c1-9-5-6-11-15(16-11)8-7-10-12(13(10,2)3)14(9,15)4/h9-12H,5-8H2,1-4H3/t9-,10-,11+,12+,14-,15+/m0/s1. The van der Waals surface area contributed by atoms with Crippen LogP contribution in [0.3, 0.4) is 0 Å². The number of rotatable bonds is 0. The summed E-state index contributed by atoms with van der Waals surface area (Å²) < 4.78 is 6.23. The molecule has 4 aliphatic rings. The summed E-state index contributed by atoms with van der Waals surface area (Å²) in [6.45, 7) is 10.0. The Bertz CT molecular complexity index is 360. The van der Waals surface area contributed by atoms with Gasteiger partial charge in [-0.3, -0.25) is 0 Å². The molecule has 16 heavy (non-hydrogen) atoms. The van der Waals surface area contributed by atoms with Crippen LogP contribution in [-0.4, -0.2) is 11.7 Å². The molecule has 0 bridgehead atoms. The fourth-order valence-corrected chi connectivity index (χ4v) is 6.01. The minimum absolute atomic E-state index is 0.319. The van der Waals surface area contributed by atoms with E-state index in [4.69, 9.17) is 4.74 Å². The zero-order valence-corrected chi connectivity index (χ0v) is 11.0. The first-order valence-electron chi connectivity index (χ1n) is 7.12. The lowest BCUT2D eigenvalue weighted by atomic mass is 9.54. The summed E-state index contributed by atoms with van der Waals surface area (Å²) in [5.74, 6) is 2.79. The van der Waals surface area contributed by atoms with Gasteiger partial charge in [-0.05, 0) is 48.9 Å². The highest BCUT2D eigenvalue weighted by Gasteiger charge is 2.81. The second-order valence-corrected chi connectivity index (χ2v) is 7.70. The van der Waals surface area contributed by atoms with Crippen molar-refractivity contribution in [3.8, 4) is 0 Å². The van der Waals surface area contributed by atoms with Gasteiger partial charge < -0.3 is 4.74 Å². The highest BCUT2D eigenvalue weighted by molar-refractivity contribution is 5.29. The molecule has 0 aromatic carbocycles. The molecule has 4 fully saturated rings. The average molecular weight is 220 g/mol. The van der Waals surface area contributed by atoms with E-state index in [-0.39, 0.29) is 0 Å². The fraction of sp³-hybridized carbons (Fsp3) is 1.00. The summed E-state index contributed by atoms with van der Waals surface area (Å²) in [6, 6.07) is 0. The van der Waals surface area contributed by atoms with Gasteiger partial charge >= 0.3 is 0 Å². The number of fused-ring (bicyclic) bond motifs is 2. The predicted molar refractivity (Wildman–Crippen MR) is 64.1 cm³/mol. The molecule has 6 atom stereocenters. The fourth-order valence-electron chi connectivity index (χ4n) is 6.01. The van der Waals surface area contributed by atoms with E-state index in [1.807, 2.05) is 0 Å². The highest BCUT2D eigenvalue weighted by atomic mass is 16.6. The first kappa shape index (κ1) is 9.94. The highest BCUT2D eigenvalue weighted by Crippen LogP contribution is 2.80. The molecule has 3 saturated carbocycles. The van der Waals surface area contributed by atoms with E-state index in [2.05, 4.69) is 27.7 Å². The Morgan fingerprint density at radius 2 is 1.81 bits per heavy atom. The first-order chi connectivity index (χ1) is 7.44. The van der Waals surface area contributed by atoms with E-state index in [0.29, 0.717) is 22.5 Å². The maximum absolute atomic E-state index is 6.23. The average Bonchev–Trinajstić information content (AvgIpc) is 3.05. The van der Waals surface area contributed by atoms with Crippen molar-refractivity contribution in [2.75, 3.05) is 0 Å². The summed E-state index contributed by atoms with van der Waals surface area (Å²) in [5.41, 5.74) is 1.41. The molecule has 0 aromatic heterocycles. The molecule has 1 nitrogen and oxygen atoms in total. The normalized spacial score (nSPS) is 65.2. The summed E-state index contributed by atoms with van der Waals surface area (Å²) in [7, 11) is 0. The van der Waals surface area contributed by atoms with Crippen LogP contribution in [0.25, 0.3) is 0 Å². The molecule has 90 valence electrons. The van der Waals surface area contributed by atoms with Gasteiger partial charge in [-0.25, -0.2) is 0 Å². The molecule has 0 amide bonds. The van der Waals surface area contributed by atoms with Crippen LogP contribution < -0.4 is 0 Å². The van der Waals surface area contributed by atoms with Crippen molar-refractivity contribution in [3.05, 3.63) is 0 Å². The van der Waals surface area contributed by atoms with Gasteiger partial charge in [-0.15, -0.1) is 0 Å². The third-order valence-corrected chi connectivity index (χ3v) is 7.14. The van der Waals surface area contributed by atoms with Crippen molar-refractivity contribution in [2.45, 2.75) is 65.1 Å². The Morgan fingerprint density at radius 3 is 2.56 bits per heavy atom. The van der Waals surface area contributed by atoms with Crippen molar-refractivity contribution in [2.24, 2.45) is 28.6 Å². The van der Waals surface area contributed by atoms with E-state index in [9.17, 15) is 0 Å². The number of hydrogen-bond donors (Lipinski definition) is 0. The van der Waals surface area contributed by atoms with Gasteiger partial charge in [0.25, 0.3) is 0 Å². The molecule has 4 rings (SSSR count). The molecule has 1 aliphatic heterocycles. The van der Waals surface area contributed by atoms with Gasteiger partial charge in [-0.1, -0.05) is 27.7 Å². The second-order valence-electron chi connectivity index (χ2n) is 7.70. The molecule has 1 heterocycles. The minimum Gasteiger partial charge on any atom is -0.365 e. The smallest absolute Gasteiger partial charge is 0.101 e. The Labute approximate surface area is 98.9 Å². The van der Waals surface area contributed by atoms with Gasteiger partial charge in [0, 0.05) is 5.41 Å². The van der Waals surface area contributed by atoms with Gasteiger partial charge in [-0.2, -0.15) is 0 Å². The van der Waals surface area contributed by atoms with E-state index in [1.165, 1.54) is 25.7 Å².